The molecule has 2 aliphatic rings. The molecule has 32 heavy (non-hydrogen) atoms. The molecule has 0 N–H and O–H groups in total. The van der Waals surface area contributed by atoms with E-state index < -0.39 is 0 Å². The SMILES string of the molecule is CC1(C)CC(=O)C2=C(C1)N(c1ccc(Br)cn1)C(n1cccc1)=C(C#N)[C@H]2c1cccs1. The van der Waals surface area contributed by atoms with E-state index in [1.54, 1.807) is 17.5 Å². The first kappa shape index (κ1) is 20.9. The van der Waals surface area contributed by atoms with E-state index in [9.17, 15) is 10.1 Å². The van der Waals surface area contributed by atoms with Gasteiger partial charge in [-0.15, -0.1) is 11.3 Å². The average molecular weight is 505 g/mol. The lowest BCUT2D eigenvalue weighted by Gasteiger charge is -2.44. The lowest BCUT2D eigenvalue weighted by molar-refractivity contribution is -0.118. The summed E-state index contributed by atoms with van der Waals surface area (Å²) in [7, 11) is 0. The Morgan fingerprint density at radius 3 is 2.59 bits per heavy atom. The Hall–Kier alpha value is -2.95. The Labute approximate surface area is 199 Å². The summed E-state index contributed by atoms with van der Waals surface area (Å²) in [6, 6.07) is 14.2. The normalized spacial score (nSPS) is 20.4. The number of hydrogen-bond donors (Lipinski definition) is 0. The molecule has 0 radical (unpaired) electrons. The Morgan fingerprint density at radius 1 is 1.19 bits per heavy atom. The Morgan fingerprint density at radius 2 is 1.97 bits per heavy atom. The van der Waals surface area contributed by atoms with Gasteiger partial charge in [0.15, 0.2) is 5.78 Å². The summed E-state index contributed by atoms with van der Waals surface area (Å²) in [6.07, 6.45) is 6.80. The monoisotopic (exact) mass is 504 g/mol. The molecule has 1 atom stereocenters. The van der Waals surface area contributed by atoms with Gasteiger partial charge >= 0.3 is 0 Å². The van der Waals surface area contributed by atoms with E-state index >= 15 is 0 Å². The van der Waals surface area contributed by atoms with E-state index in [2.05, 4.69) is 40.8 Å². The quantitative estimate of drug-likeness (QED) is 0.417. The van der Waals surface area contributed by atoms with E-state index in [1.165, 1.54) is 0 Å². The summed E-state index contributed by atoms with van der Waals surface area (Å²) in [6.45, 7) is 4.25. The maximum absolute atomic E-state index is 13.6. The Balaban J connectivity index is 1.85. The van der Waals surface area contributed by atoms with Crippen molar-refractivity contribution in [2.75, 3.05) is 4.90 Å². The number of anilines is 1. The van der Waals surface area contributed by atoms with Crippen molar-refractivity contribution in [1.29, 1.82) is 5.26 Å². The molecule has 160 valence electrons. The summed E-state index contributed by atoms with van der Waals surface area (Å²) < 4.78 is 2.83. The van der Waals surface area contributed by atoms with Crippen LogP contribution in [0.15, 0.2) is 81.7 Å². The number of pyridine rings is 1. The number of nitrogens with zero attached hydrogens (tertiary/aromatic N) is 4. The van der Waals surface area contributed by atoms with Gasteiger partial charge in [-0.3, -0.25) is 9.69 Å². The second-order valence-corrected chi connectivity index (χ2v) is 10.8. The van der Waals surface area contributed by atoms with Crippen LogP contribution in [0.1, 0.15) is 37.5 Å². The first-order valence-electron chi connectivity index (χ1n) is 10.4. The molecule has 5 nitrogen and oxygen atoms in total. The van der Waals surface area contributed by atoms with Crippen LogP contribution in [0.5, 0.6) is 0 Å². The summed E-state index contributed by atoms with van der Waals surface area (Å²) >= 11 is 5.05. The van der Waals surface area contributed by atoms with Crippen molar-refractivity contribution in [3.8, 4) is 6.07 Å². The van der Waals surface area contributed by atoms with Crippen molar-refractivity contribution in [3.05, 3.63) is 86.6 Å². The van der Waals surface area contributed by atoms with E-state index in [0.717, 1.165) is 32.9 Å². The topological polar surface area (TPSA) is 61.9 Å². The molecule has 0 bridgehead atoms. The van der Waals surface area contributed by atoms with Gasteiger partial charge in [-0.1, -0.05) is 19.9 Å². The first-order valence-corrected chi connectivity index (χ1v) is 12.1. The van der Waals surface area contributed by atoms with Crippen LogP contribution in [-0.2, 0) is 4.79 Å². The van der Waals surface area contributed by atoms with Crippen molar-refractivity contribution in [2.24, 2.45) is 5.41 Å². The highest BCUT2D eigenvalue weighted by atomic mass is 79.9. The number of allylic oxidation sites excluding steroid dienone is 3. The third kappa shape index (κ3) is 3.44. The molecule has 3 aromatic heterocycles. The predicted molar refractivity (Wildman–Crippen MR) is 130 cm³/mol. The maximum Gasteiger partial charge on any atom is 0.162 e. The van der Waals surface area contributed by atoms with E-state index in [0.29, 0.717) is 17.8 Å². The Kier molecular flexibility index (Phi) is 5.15. The third-order valence-corrected chi connectivity index (χ3v) is 7.34. The number of carbonyl (C=O) groups excluding carboxylic acids is 1. The highest BCUT2D eigenvalue weighted by Gasteiger charge is 2.46. The number of hydrogen-bond acceptors (Lipinski definition) is 5. The highest BCUT2D eigenvalue weighted by molar-refractivity contribution is 9.10. The van der Waals surface area contributed by atoms with Gasteiger partial charge in [-0.05, 0) is 63.5 Å². The molecule has 0 unspecified atom stereocenters. The predicted octanol–water partition coefficient (Wildman–Crippen LogP) is 6.35. The number of carbonyl (C=O) groups is 1. The summed E-state index contributed by atoms with van der Waals surface area (Å²) in [4.78, 5) is 21.3. The molecule has 0 fully saturated rings. The van der Waals surface area contributed by atoms with Crippen LogP contribution in [0.25, 0.3) is 5.82 Å². The minimum Gasteiger partial charge on any atom is -0.309 e. The van der Waals surface area contributed by atoms with E-state index in [4.69, 9.17) is 0 Å². The number of rotatable bonds is 3. The molecule has 3 aromatic rings. The summed E-state index contributed by atoms with van der Waals surface area (Å²) in [5, 5.41) is 12.4. The number of nitriles is 1. The second-order valence-electron chi connectivity index (χ2n) is 8.86. The summed E-state index contributed by atoms with van der Waals surface area (Å²) in [5.74, 6) is 1.15. The van der Waals surface area contributed by atoms with Gasteiger partial charge in [0.25, 0.3) is 0 Å². The molecule has 1 aliphatic heterocycles. The molecule has 0 amide bonds. The molecule has 0 aromatic carbocycles. The van der Waals surface area contributed by atoms with Crippen molar-refractivity contribution < 1.29 is 4.79 Å². The van der Waals surface area contributed by atoms with Gasteiger partial charge in [-0.25, -0.2) is 4.98 Å². The molecule has 0 saturated heterocycles. The minimum absolute atomic E-state index is 0.107. The molecule has 4 heterocycles. The van der Waals surface area contributed by atoms with Crippen LogP contribution in [0.4, 0.5) is 5.82 Å². The highest BCUT2D eigenvalue weighted by Crippen LogP contribution is 2.52. The number of Topliss-reactive ketones (excluding diaryl/α,β-unsaturated/α-hetero) is 1. The fraction of sp³-hybridized carbons (Fsp3) is 0.240. The number of ketones is 1. The van der Waals surface area contributed by atoms with Crippen molar-refractivity contribution in [2.45, 2.75) is 32.6 Å². The van der Waals surface area contributed by atoms with E-state index in [1.807, 2.05) is 63.6 Å². The van der Waals surface area contributed by atoms with Gasteiger partial charge in [-0.2, -0.15) is 5.26 Å². The average Bonchev–Trinajstić information content (AvgIpc) is 3.46. The first-order chi connectivity index (χ1) is 15.4. The molecular formula is C25H21BrN4OS. The molecule has 0 spiro atoms. The molecule has 0 saturated carbocycles. The van der Waals surface area contributed by atoms with Crippen LogP contribution in [0.2, 0.25) is 0 Å². The number of aromatic nitrogens is 2. The van der Waals surface area contributed by atoms with Crippen LogP contribution in [0.3, 0.4) is 0 Å². The fourth-order valence-electron chi connectivity index (χ4n) is 4.68. The van der Waals surface area contributed by atoms with Gasteiger partial charge in [0.05, 0.1) is 17.6 Å². The lowest BCUT2D eigenvalue weighted by Crippen LogP contribution is -2.40. The zero-order valence-electron chi connectivity index (χ0n) is 17.7. The van der Waals surface area contributed by atoms with Crippen molar-refractivity contribution in [1.82, 2.24) is 9.55 Å². The molecule has 5 rings (SSSR count). The standard InChI is InChI=1S/C25H21BrN4OS/c1-25(2)12-18-23(19(31)13-25)22(20-6-5-11-32-20)17(14-27)24(29-9-3-4-10-29)30(18)21-8-7-16(26)15-28-21/h3-11,15,22H,12-13H2,1-2H3/t22-/m0/s1. The van der Waals surface area contributed by atoms with Crippen LogP contribution < -0.4 is 4.90 Å². The molecular weight excluding hydrogens is 484 g/mol. The number of thiophene rings is 1. The summed E-state index contributed by atoms with van der Waals surface area (Å²) in [5.41, 5.74) is 2.03. The van der Waals surface area contributed by atoms with Gasteiger partial charge in [0.1, 0.15) is 11.6 Å². The van der Waals surface area contributed by atoms with Crippen molar-refractivity contribution >= 4 is 44.7 Å². The van der Waals surface area contributed by atoms with E-state index in [-0.39, 0.29) is 17.1 Å². The van der Waals surface area contributed by atoms with Gasteiger partial charge in [0, 0.05) is 45.6 Å². The molecule has 7 heteroatoms. The maximum atomic E-state index is 13.6. The molecule has 1 aliphatic carbocycles. The van der Waals surface area contributed by atoms with Crippen LogP contribution in [-0.4, -0.2) is 15.3 Å². The smallest absolute Gasteiger partial charge is 0.162 e. The van der Waals surface area contributed by atoms with Crippen molar-refractivity contribution in [3.63, 3.8) is 0 Å². The minimum atomic E-state index is -0.373. The zero-order valence-corrected chi connectivity index (χ0v) is 20.2. The third-order valence-electron chi connectivity index (χ3n) is 5.93. The van der Waals surface area contributed by atoms with Crippen LogP contribution >= 0.6 is 27.3 Å². The largest absolute Gasteiger partial charge is 0.309 e. The van der Waals surface area contributed by atoms with Gasteiger partial charge in [0.2, 0.25) is 0 Å². The van der Waals surface area contributed by atoms with Gasteiger partial charge < -0.3 is 4.57 Å². The lowest BCUT2D eigenvalue weighted by atomic mass is 9.69. The second kappa shape index (κ2) is 7.88. The number of halogens is 1. The fourth-order valence-corrected chi connectivity index (χ4v) is 5.76. The zero-order chi connectivity index (χ0) is 22.5. The van der Waals surface area contributed by atoms with Crippen LogP contribution in [0, 0.1) is 16.7 Å². The Bertz CT molecular complexity index is 1280.